The van der Waals surface area contributed by atoms with Crippen LogP contribution in [0.2, 0.25) is 0 Å². The third-order valence-corrected chi connectivity index (χ3v) is 8.29. The van der Waals surface area contributed by atoms with Gasteiger partial charge in [-0.15, -0.1) is 0 Å². The first-order valence-electron chi connectivity index (χ1n) is 13.5. The Kier molecular flexibility index (Phi) is 7.77. The quantitative estimate of drug-likeness (QED) is 0.502. The highest BCUT2D eigenvalue weighted by Crippen LogP contribution is 2.62. The molecule has 9 nitrogen and oxygen atoms in total. The van der Waals surface area contributed by atoms with Crippen LogP contribution in [0.3, 0.4) is 0 Å². The number of benzene rings is 1. The highest BCUT2D eigenvalue weighted by molar-refractivity contribution is 5.90. The second-order valence-electron chi connectivity index (χ2n) is 12.6. The number of carbonyl (C=O) groups is 4. The Morgan fingerprint density at radius 1 is 1.05 bits per heavy atom. The molecule has 5 rings (SSSR count). The van der Waals surface area contributed by atoms with Crippen molar-refractivity contribution in [1.82, 2.24) is 15.5 Å². The lowest BCUT2D eigenvalue weighted by Crippen LogP contribution is -2.67. The van der Waals surface area contributed by atoms with Crippen molar-refractivity contribution < 1.29 is 28.7 Å². The van der Waals surface area contributed by atoms with Crippen LogP contribution in [0.15, 0.2) is 30.3 Å². The fraction of sp³-hybridized carbons (Fsp3) is 0.655. The van der Waals surface area contributed by atoms with Gasteiger partial charge in [0.1, 0.15) is 18.2 Å². The number of hydrogen-bond acceptors (Lipinski definition) is 6. The minimum atomic E-state index is -0.785. The molecule has 4 aliphatic carbocycles. The van der Waals surface area contributed by atoms with Crippen LogP contribution in [0, 0.1) is 17.3 Å². The van der Waals surface area contributed by atoms with Crippen molar-refractivity contribution in [2.75, 3.05) is 20.7 Å². The second kappa shape index (κ2) is 10.6. The van der Waals surface area contributed by atoms with Gasteiger partial charge in [0.25, 0.3) is 0 Å². The van der Waals surface area contributed by atoms with E-state index < -0.39 is 34.6 Å². The molecule has 1 aromatic carbocycles. The Morgan fingerprint density at radius 2 is 1.68 bits per heavy atom. The fourth-order valence-corrected chi connectivity index (χ4v) is 7.21. The van der Waals surface area contributed by atoms with Gasteiger partial charge in [-0.3, -0.25) is 14.4 Å². The van der Waals surface area contributed by atoms with E-state index in [2.05, 4.69) is 10.6 Å². The largest absolute Gasteiger partial charge is 0.469 e. The lowest BCUT2D eigenvalue weighted by atomic mass is 9.47. The number of amides is 3. The molecule has 4 aliphatic rings. The SMILES string of the molecule is COC(=O)C12CC3CC(CC(NC(=O)[C@H](Cc4ccccc4)N(C)C(=O)CNC(=O)OC(C)(C)C)(C3)C1)C2. The monoisotopic (exact) mass is 527 g/mol. The smallest absolute Gasteiger partial charge is 0.408 e. The van der Waals surface area contributed by atoms with Crippen molar-refractivity contribution in [3.63, 3.8) is 0 Å². The van der Waals surface area contributed by atoms with Crippen molar-refractivity contribution in [2.24, 2.45) is 17.3 Å². The summed E-state index contributed by atoms with van der Waals surface area (Å²) in [5, 5.41) is 5.82. The zero-order valence-electron chi connectivity index (χ0n) is 23.2. The zero-order chi connectivity index (χ0) is 27.7. The standard InChI is InChI=1S/C29H41N3O6/c1-27(2,3)38-26(36)30-17-23(33)32(4)22(12-19-9-7-6-8-10-19)24(34)31-29-15-20-11-21(16-29)14-28(13-20,18-29)25(35)37-5/h6-10,20-22H,11-18H2,1-5H3,(H,30,36)(H,31,34)/t20?,21?,22-,28?,29?/m0/s1. The average molecular weight is 528 g/mol. The van der Waals surface area contributed by atoms with Crippen molar-refractivity contribution in [2.45, 2.75) is 82.9 Å². The molecular formula is C29H41N3O6. The maximum absolute atomic E-state index is 13.9. The van der Waals surface area contributed by atoms with E-state index in [1.165, 1.54) is 12.0 Å². The van der Waals surface area contributed by atoms with Crippen LogP contribution in [0.4, 0.5) is 4.79 Å². The Morgan fingerprint density at radius 3 is 2.26 bits per heavy atom. The van der Waals surface area contributed by atoms with Gasteiger partial charge in [-0.25, -0.2) is 4.79 Å². The molecule has 0 aromatic heterocycles. The molecule has 9 heteroatoms. The Balaban J connectivity index is 1.50. The summed E-state index contributed by atoms with van der Waals surface area (Å²) in [6, 6.07) is 8.76. The summed E-state index contributed by atoms with van der Waals surface area (Å²) in [7, 11) is 3.02. The maximum Gasteiger partial charge on any atom is 0.408 e. The van der Waals surface area contributed by atoms with E-state index in [0.29, 0.717) is 24.7 Å². The number of nitrogens with zero attached hydrogens (tertiary/aromatic N) is 1. The summed E-state index contributed by atoms with van der Waals surface area (Å²) in [6.45, 7) is 4.95. The molecule has 38 heavy (non-hydrogen) atoms. The van der Waals surface area contributed by atoms with E-state index in [0.717, 1.165) is 37.7 Å². The van der Waals surface area contributed by atoms with Gasteiger partial charge in [-0.05, 0) is 76.7 Å². The Bertz CT molecular complexity index is 1050. The molecule has 0 aliphatic heterocycles. The molecule has 4 bridgehead atoms. The minimum absolute atomic E-state index is 0.174. The number of rotatable bonds is 8. The first kappa shape index (κ1) is 27.9. The first-order valence-corrected chi connectivity index (χ1v) is 13.5. The molecule has 208 valence electrons. The van der Waals surface area contributed by atoms with Gasteiger partial charge in [-0.2, -0.15) is 0 Å². The highest BCUT2D eigenvalue weighted by Gasteiger charge is 2.61. The van der Waals surface area contributed by atoms with E-state index in [4.69, 9.17) is 9.47 Å². The second-order valence-corrected chi connectivity index (χ2v) is 12.6. The average Bonchev–Trinajstić information content (AvgIpc) is 2.83. The normalized spacial score (nSPS) is 28.2. The molecule has 4 fully saturated rings. The number of ether oxygens (including phenoxy) is 2. The van der Waals surface area contributed by atoms with Gasteiger partial charge >= 0.3 is 12.1 Å². The third-order valence-electron chi connectivity index (χ3n) is 8.29. The molecule has 1 aromatic rings. The number of carbonyl (C=O) groups excluding carboxylic acids is 4. The van der Waals surface area contributed by atoms with Crippen LogP contribution in [0.25, 0.3) is 0 Å². The van der Waals surface area contributed by atoms with Gasteiger partial charge < -0.3 is 25.0 Å². The molecule has 0 saturated heterocycles. The van der Waals surface area contributed by atoms with E-state index in [1.54, 1.807) is 27.8 Å². The molecule has 2 N–H and O–H groups in total. The van der Waals surface area contributed by atoms with E-state index in [9.17, 15) is 19.2 Å². The van der Waals surface area contributed by atoms with Crippen molar-refractivity contribution in [1.29, 1.82) is 0 Å². The minimum Gasteiger partial charge on any atom is -0.469 e. The highest BCUT2D eigenvalue weighted by atomic mass is 16.6. The van der Waals surface area contributed by atoms with E-state index in [1.807, 2.05) is 30.3 Å². The molecular weight excluding hydrogens is 486 g/mol. The van der Waals surface area contributed by atoms with Crippen LogP contribution in [-0.2, 0) is 30.3 Å². The number of methoxy groups -OCH3 is 1. The number of likely N-dealkylation sites (N-methyl/N-ethyl adjacent to an activating group) is 1. The Labute approximate surface area is 225 Å². The number of esters is 1. The molecule has 0 spiro atoms. The predicted octanol–water partition coefficient (Wildman–Crippen LogP) is 3.21. The van der Waals surface area contributed by atoms with Crippen LogP contribution >= 0.6 is 0 Å². The van der Waals surface area contributed by atoms with Crippen LogP contribution in [0.5, 0.6) is 0 Å². The summed E-state index contributed by atoms with van der Waals surface area (Å²) < 4.78 is 10.4. The molecule has 4 saturated carbocycles. The fourth-order valence-electron chi connectivity index (χ4n) is 7.21. The van der Waals surface area contributed by atoms with Crippen molar-refractivity contribution in [3.05, 3.63) is 35.9 Å². The first-order chi connectivity index (χ1) is 17.8. The molecule has 2 unspecified atom stereocenters. The summed E-state index contributed by atoms with van der Waals surface area (Å²) in [5.74, 6) is -0.0692. The van der Waals surface area contributed by atoms with Gasteiger partial charge in [0.15, 0.2) is 0 Å². The van der Waals surface area contributed by atoms with Gasteiger partial charge in [0.05, 0.1) is 12.5 Å². The lowest BCUT2D eigenvalue weighted by molar-refractivity contribution is -0.173. The summed E-state index contributed by atoms with van der Waals surface area (Å²) in [5.41, 5.74) is -0.791. The maximum atomic E-state index is 13.9. The Hall–Kier alpha value is -3.10. The van der Waals surface area contributed by atoms with Gasteiger partial charge in [0.2, 0.25) is 11.8 Å². The topological polar surface area (TPSA) is 114 Å². The van der Waals surface area contributed by atoms with Crippen molar-refractivity contribution in [3.8, 4) is 0 Å². The van der Waals surface area contributed by atoms with E-state index in [-0.39, 0.29) is 18.4 Å². The van der Waals surface area contributed by atoms with Gasteiger partial charge in [0, 0.05) is 19.0 Å². The molecule has 3 atom stereocenters. The van der Waals surface area contributed by atoms with Crippen LogP contribution in [-0.4, -0.2) is 66.7 Å². The number of hydrogen-bond donors (Lipinski definition) is 2. The van der Waals surface area contributed by atoms with Gasteiger partial charge in [-0.1, -0.05) is 30.3 Å². The molecule has 0 radical (unpaired) electrons. The number of nitrogens with one attached hydrogen (secondary N) is 2. The predicted molar refractivity (Wildman–Crippen MR) is 141 cm³/mol. The molecule has 0 heterocycles. The van der Waals surface area contributed by atoms with Crippen molar-refractivity contribution >= 4 is 23.9 Å². The lowest BCUT2D eigenvalue weighted by Gasteiger charge is -2.61. The third kappa shape index (κ3) is 6.13. The molecule has 3 amide bonds. The summed E-state index contributed by atoms with van der Waals surface area (Å²) in [4.78, 5) is 53.4. The van der Waals surface area contributed by atoms with Crippen LogP contribution in [0.1, 0.15) is 64.9 Å². The zero-order valence-corrected chi connectivity index (χ0v) is 23.2. The van der Waals surface area contributed by atoms with Crippen LogP contribution < -0.4 is 10.6 Å². The summed E-state index contributed by atoms with van der Waals surface area (Å²) in [6.07, 6.45) is 4.59. The summed E-state index contributed by atoms with van der Waals surface area (Å²) >= 11 is 0. The van der Waals surface area contributed by atoms with E-state index >= 15 is 0 Å². The number of alkyl carbamates (subject to hydrolysis) is 1.